The van der Waals surface area contributed by atoms with E-state index in [-0.39, 0.29) is 0 Å². The molecule has 0 atom stereocenters. The van der Waals surface area contributed by atoms with Crippen LogP contribution in [0.5, 0.6) is 0 Å². The van der Waals surface area contributed by atoms with Gasteiger partial charge in [-0.3, -0.25) is 0 Å². The largest absolute Gasteiger partial charge is 0.398 e. The Bertz CT molecular complexity index is 426. The molecule has 6 heteroatoms. The summed E-state index contributed by atoms with van der Waals surface area (Å²) in [6, 6.07) is 1.51. The van der Waals surface area contributed by atoms with E-state index in [2.05, 4.69) is 6.92 Å². The van der Waals surface area contributed by atoms with Crippen molar-refractivity contribution in [3.63, 3.8) is 0 Å². The van der Waals surface area contributed by atoms with Gasteiger partial charge in [-0.25, -0.2) is 12.7 Å². The highest BCUT2D eigenvalue weighted by Crippen LogP contribution is 2.24. The van der Waals surface area contributed by atoms with Crippen LogP contribution in [-0.4, -0.2) is 26.3 Å². The van der Waals surface area contributed by atoms with E-state index in [0.717, 1.165) is 19.3 Å². The Labute approximate surface area is 101 Å². The number of nitrogens with zero attached hydrogens (tertiary/aromatic N) is 1. The molecule has 0 radical (unpaired) electrons. The minimum atomic E-state index is -3.33. The number of rotatable bonds is 6. The Morgan fingerprint density at radius 2 is 2.12 bits per heavy atom. The first kappa shape index (κ1) is 13.5. The first-order chi connectivity index (χ1) is 7.48. The van der Waals surface area contributed by atoms with Gasteiger partial charge in [-0.15, -0.1) is 11.3 Å². The van der Waals surface area contributed by atoms with Crippen molar-refractivity contribution in [3.05, 3.63) is 11.4 Å². The molecule has 0 unspecified atom stereocenters. The van der Waals surface area contributed by atoms with E-state index >= 15 is 0 Å². The highest BCUT2D eigenvalue weighted by molar-refractivity contribution is 7.91. The highest BCUT2D eigenvalue weighted by Gasteiger charge is 2.21. The number of anilines is 1. The average molecular weight is 262 g/mol. The Hall–Kier alpha value is -0.590. The van der Waals surface area contributed by atoms with E-state index in [9.17, 15) is 8.42 Å². The lowest BCUT2D eigenvalue weighted by molar-refractivity contribution is 0.456. The number of sulfonamides is 1. The summed E-state index contributed by atoms with van der Waals surface area (Å²) in [5.74, 6) is 0. The lowest BCUT2D eigenvalue weighted by atomic mass is 10.2. The molecule has 1 aromatic rings. The monoisotopic (exact) mass is 262 g/mol. The van der Waals surface area contributed by atoms with Crippen molar-refractivity contribution in [2.24, 2.45) is 0 Å². The van der Waals surface area contributed by atoms with Crippen LogP contribution in [0.25, 0.3) is 0 Å². The molecule has 0 spiro atoms. The molecular formula is C10H18N2O2S2. The molecule has 1 aromatic heterocycles. The predicted octanol–water partition coefficient (Wildman–Crippen LogP) is 2.14. The molecule has 4 nitrogen and oxygen atoms in total. The smallest absolute Gasteiger partial charge is 0.252 e. The van der Waals surface area contributed by atoms with Crippen LogP contribution in [0.1, 0.15) is 26.2 Å². The van der Waals surface area contributed by atoms with Crippen LogP contribution in [0, 0.1) is 0 Å². The third kappa shape index (κ3) is 3.20. The summed E-state index contributed by atoms with van der Waals surface area (Å²) in [6.07, 6.45) is 3.03. The lowest BCUT2D eigenvalue weighted by Crippen LogP contribution is -2.27. The minimum absolute atomic E-state index is 0.323. The summed E-state index contributed by atoms with van der Waals surface area (Å²) in [5.41, 5.74) is 6.03. The number of thiophene rings is 1. The zero-order valence-electron chi connectivity index (χ0n) is 9.64. The molecule has 0 saturated heterocycles. The van der Waals surface area contributed by atoms with Crippen molar-refractivity contribution in [1.29, 1.82) is 0 Å². The van der Waals surface area contributed by atoms with Crippen LogP contribution in [0.2, 0.25) is 0 Å². The van der Waals surface area contributed by atoms with Gasteiger partial charge in [0.2, 0.25) is 0 Å². The molecular weight excluding hydrogens is 244 g/mol. The summed E-state index contributed by atoms with van der Waals surface area (Å²) in [4.78, 5) is 0. The molecule has 0 bridgehead atoms. The molecule has 0 saturated carbocycles. The number of nitrogen functional groups attached to an aromatic ring is 1. The highest BCUT2D eigenvalue weighted by atomic mass is 32.2. The van der Waals surface area contributed by atoms with Crippen molar-refractivity contribution < 1.29 is 8.42 Å². The second-order valence-corrected chi connectivity index (χ2v) is 6.92. The Balaban J connectivity index is 2.70. The standard InChI is InChI=1S/C10H18N2O2S2/c1-3-4-5-6-12(2)16(13,14)10-7-9(11)8-15-10/h7-8H,3-6,11H2,1-2H3. The van der Waals surface area contributed by atoms with E-state index < -0.39 is 10.0 Å². The lowest BCUT2D eigenvalue weighted by Gasteiger charge is -2.15. The molecule has 0 aliphatic heterocycles. The van der Waals surface area contributed by atoms with Crippen molar-refractivity contribution in [2.75, 3.05) is 19.3 Å². The first-order valence-electron chi connectivity index (χ1n) is 5.29. The van der Waals surface area contributed by atoms with Crippen molar-refractivity contribution in [2.45, 2.75) is 30.4 Å². The van der Waals surface area contributed by atoms with Crippen molar-refractivity contribution in [1.82, 2.24) is 4.31 Å². The van der Waals surface area contributed by atoms with Gasteiger partial charge in [-0.2, -0.15) is 0 Å². The summed E-state index contributed by atoms with van der Waals surface area (Å²) in [7, 11) is -1.71. The zero-order chi connectivity index (χ0) is 12.2. The summed E-state index contributed by atoms with van der Waals surface area (Å²) in [5, 5.41) is 1.65. The van der Waals surface area contributed by atoms with Gasteiger partial charge in [0.05, 0.1) is 0 Å². The molecule has 16 heavy (non-hydrogen) atoms. The fraction of sp³-hybridized carbons (Fsp3) is 0.600. The Morgan fingerprint density at radius 3 is 2.62 bits per heavy atom. The van der Waals surface area contributed by atoms with E-state index in [0.29, 0.717) is 16.4 Å². The van der Waals surface area contributed by atoms with Crippen molar-refractivity contribution in [3.8, 4) is 0 Å². The molecule has 0 fully saturated rings. The minimum Gasteiger partial charge on any atom is -0.398 e. The van der Waals surface area contributed by atoms with E-state index in [1.165, 1.54) is 21.7 Å². The topological polar surface area (TPSA) is 63.4 Å². The average Bonchev–Trinajstić information content (AvgIpc) is 2.65. The number of hydrogen-bond donors (Lipinski definition) is 1. The summed E-state index contributed by atoms with van der Waals surface area (Å²) >= 11 is 1.17. The number of unbranched alkanes of at least 4 members (excludes halogenated alkanes) is 2. The van der Waals surface area contributed by atoms with E-state index in [4.69, 9.17) is 5.73 Å². The Kier molecular flexibility index (Phi) is 4.76. The molecule has 0 aliphatic carbocycles. The predicted molar refractivity (Wildman–Crippen MR) is 68.1 cm³/mol. The van der Waals surface area contributed by atoms with Crippen LogP contribution in [0.4, 0.5) is 5.69 Å². The Morgan fingerprint density at radius 1 is 1.44 bits per heavy atom. The second-order valence-electron chi connectivity index (χ2n) is 3.73. The molecule has 0 aromatic carbocycles. The summed E-state index contributed by atoms with van der Waals surface area (Å²) < 4.78 is 25.8. The van der Waals surface area contributed by atoms with Crippen LogP contribution in [0.15, 0.2) is 15.7 Å². The van der Waals surface area contributed by atoms with Gasteiger partial charge >= 0.3 is 0 Å². The fourth-order valence-corrected chi connectivity index (χ4v) is 3.82. The molecule has 92 valence electrons. The van der Waals surface area contributed by atoms with Crippen molar-refractivity contribution >= 4 is 27.0 Å². The maximum atomic E-state index is 12.0. The van der Waals surface area contributed by atoms with Gasteiger partial charge in [0.1, 0.15) is 4.21 Å². The fourth-order valence-electron chi connectivity index (χ4n) is 1.32. The van der Waals surface area contributed by atoms with Crippen LogP contribution < -0.4 is 5.73 Å². The number of nitrogens with two attached hydrogens (primary N) is 1. The quantitative estimate of drug-likeness (QED) is 0.799. The second kappa shape index (κ2) is 5.65. The zero-order valence-corrected chi connectivity index (χ0v) is 11.3. The number of hydrogen-bond acceptors (Lipinski definition) is 4. The van der Waals surface area contributed by atoms with Gasteiger partial charge in [-0.05, 0) is 12.5 Å². The molecule has 0 amide bonds. The van der Waals surface area contributed by atoms with Gasteiger partial charge in [0, 0.05) is 24.7 Å². The van der Waals surface area contributed by atoms with E-state index in [1.54, 1.807) is 12.4 Å². The maximum absolute atomic E-state index is 12.0. The molecule has 2 N–H and O–H groups in total. The van der Waals surface area contributed by atoms with Gasteiger partial charge in [0.15, 0.2) is 0 Å². The maximum Gasteiger partial charge on any atom is 0.252 e. The SMILES string of the molecule is CCCCCN(C)S(=O)(=O)c1cc(N)cs1. The van der Waals surface area contributed by atoms with Crippen LogP contribution in [-0.2, 0) is 10.0 Å². The molecule has 0 aliphatic rings. The summed E-state index contributed by atoms with van der Waals surface area (Å²) in [6.45, 7) is 2.66. The van der Waals surface area contributed by atoms with E-state index in [1.807, 2.05) is 0 Å². The van der Waals surface area contributed by atoms with Gasteiger partial charge in [0.25, 0.3) is 10.0 Å². The third-order valence-corrected chi connectivity index (χ3v) is 5.63. The van der Waals surface area contributed by atoms with Crippen LogP contribution in [0.3, 0.4) is 0 Å². The molecule has 1 rings (SSSR count). The first-order valence-corrected chi connectivity index (χ1v) is 7.60. The molecule has 1 heterocycles. The normalized spacial score (nSPS) is 12.2. The third-order valence-electron chi connectivity index (χ3n) is 2.34. The van der Waals surface area contributed by atoms with Crippen LogP contribution >= 0.6 is 11.3 Å². The van der Waals surface area contributed by atoms with Gasteiger partial charge in [-0.1, -0.05) is 19.8 Å². The van der Waals surface area contributed by atoms with Gasteiger partial charge < -0.3 is 5.73 Å².